The van der Waals surface area contributed by atoms with Gasteiger partial charge in [-0.15, -0.1) is 0 Å². The van der Waals surface area contributed by atoms with Gasteiger partial charge in [-0.1, -0.05) is 0 Å². The number of ketones is 1. The van der Waals surface area contributed by atoms with Crippen LogP contribution in [0.15, 0.2) is 27.4 Å². The Morgan fingerprint density at radius 3 is 2.94 bits per heavy atom. The largest absolute Gasteiger partial charge is 0.419 e. The third-order valence-corrected chi connectivity index (χ3v) is 2.61. The Morgan fingerprint density at radius 2 is 2.29 bits per heavy atom. The van der Waals surface area contributed by atoms with Crippen molar-refractivity contribution >= 4 is 16.9 Å². The van der Waals surface area contributed by atoms with Gasteiger partial charge in [-0.2, -0.15) is 0 Å². The maximum absolute atomic E-state index is 11.7. The molecule has 0 bridgehead atoms. The number of oxazole rings is 1. The zero-order chi connectivity index (χ0) is 12.6. The molecule has 1 aromatic carbocycles. The molecule has 0 spiro atoms. The highest BCUT2D eigenvalue weighted by molar-refractivity contribution is 6.02. The summed E-state index contributed by atoms with van der Waals surface area (Å²) in [5.74, 6) is -0.878. The lowest BCUT2D eigenvalue weighted by Crippen LogP contribution is -2.33. The van der Waals surface area contributed by atoms with Gasteiger partial charge >= 0.3 is 5.76 Å². The van der Waals surface area contributed by atoms with Gasteiger partial charge in [0.15, 0.2) is 11.4 Å². The van der Waals surface area contributed by atoms with Gasteiger partial charge in [0.25, 0.3) is 0 Å². The minimum atomic E-state index is -0.956. The van der Waals surface area contributed by atoms with Gasteiger partial charge in [0.1, 0.15) is 0 Å². The average molecular weight is 236 g/mol. The van der Waals surface area contributed by atoms with Crippen molar-refractivity contribution in [2.75, 3.05) is 6.61 Å². The van der Waals surface area contributed by atoms with Crippen molar-refractivity contribution in [1.29, 1.82) is 0 Å². The molecule has 0 fully saturated rings. The lowest BCUT2D eigenvalue weighted by Gasteiger charge is -2.06. The van der Waals surface area contributed by atoms with Crippen molar-refractivity contribution < 1.29 is 14.3 Å². The molecule has 0 saturated carbocycles. The maximum atomic E-state index is 11.7. The molecule has 17 heavy (non-hydrogen) atoms. The molecule has 0 amide bonds. The van der Waals surface area contributed by atoms with Crippen molar-refractivity contribution in [3.05, 3.63) is 34.3 Å². The van der Waals surface area contributed by atoms with E-state index in [1.165, 1.54) is 10.6 Å². The molecule has 6 nitrogen and oxygen atoms in total. The Hall–Kier alpha value is -1.92. The first-order valence-electron chi connectivity index (χ1n) is 5.05. The van der Waals surface area contributed by atoms with Crippen LogP contribution in [0.5, 0.6) is 0 Å². The maximum Gasteiger partial charge on any atom is 0.419 e. The molecule has 1 atom stereocenters. The lowest BCUT2D eigenvalue weighted by atomic mass is 10.1. The number of hydrogen-bond donors (Lipinski definition) is 2. The van der Waals surface area contributed by atoms with Crippen LogP contribution in [-0.4, -0.2) is 28.1 Å². The summed E-state index contributed by atoms with van der Waals surface area (Å²) in [6.45, 7) is -0.421. The van der Waals surface area contributed by atoms with E-state index in [1.54, 1.807) is 19.2 Å². The summed E-state index contributed by atoms with van der Waals surface area (Å²) in [5, 5.41) is 8.80. The van der Waals surface area contributed by atoms with Crippen LogP contribution >= 0.6 is 0 Å². The molecule has 2 rings (SSSR count). The highest BCUT2D eigenvalue weighted by atomic mass is 16.4. The molecule has 0 aliphatic heterocycles. The quantitative estimate of drug-likeness (QED) is 0.709. The predicted molar refractivity (Wildman–Crippen MR) is 60.8 cm³/mol. The van der Waals surface area contributed by atoms with Crippen molar-refractivity contribution in [3.63, 3.8) is 0 Å². The normalized spacial score (nSPS) is 12.9. The zero-order valence-corrected chi connectivity index (χ0v) is 9.21. The van der Waals surface area contributed by atoms with Crippen LogP contribution in [0, 0.1) is 0 Å². The summed E-state index contributed by atoms with van der Waals surface area (Å²) in [6.07, 6.45) is 0. The molecular formula is C11H12N2O4. The van der Waals surface area contributed by atoms with E-state index in [4.69, 9.17) is 15.3 Å². The fourth-order valence-electron chi connectivity index (χ4n) is 1.58. The number of aliphatic hydroxyl groups excluding tert-OH is 1. The van der Waals surface area contributed by atoms with Gasteiger partial charge < -0.3 is 15.3 Å². The van der Waals surface area contributed by atoms with E-state index in [0.29, 0.717) is 16.7 Å². The summed E-state index contributed by atoms with van der Waals surface area (Å²) in [4.78, 5) is 23.0. The van der Waals surface area contributed by atoms with E-state index in [2.05, 4.69) is 0 Å². The highest BCUT2D eigenvalue weighted by Crippen LogP contribution is 2.15. The number of benzene rings is 1. The van der Waals surface area contributed by atoms with Crippen LogP contribution in [0.4, 0.5) is 0 Å². The molecule has 2 aromatic rings. The number of Topliss-reactive ketones (excluding diaryl/α,β-unsaturated/α-hetero) is 1. The van der Waals surface area contributed by atoms with Gasteiger partial charge in [-0.25, -0.2) is 4.79 Å². The minimum absolute atomic E-state index is 0.313. The van der Waals surface area contributed by atoms with Gasteiger partial charge in [0.2, 0.25) is 0 Å². The number of aliphatic hydroxyl groups is 1. The molecule has 6 heteroatoms. The molecule has 1 heterocycles. The highest BCUT2D eigenvalue weighted by Gasteiger charge is 2.16. The summed E-state index contributed by atoms with van der Waals surface area (Å²) < 4.78 is 6.30. The van der Waals surface area contributed by atoms with Crippen LogP contribution < -0.4 is 11.5 Å². The number of hydrogen-bond acceptors (Lipinski definition) is 5. The summed E-state index contributed by atoms with van der Waals surface area (Å²) in [5.41, 5.74) is 6.67. The fourth-order valence-corrected chi connectivity index (χ4v) is 1.58. The van der Waals surface area contributed by atoms with E-state index in [-0.39, 0.29) is 5.78 Å². The standard InChI is InChI=1S/C11H12N2O4/c1-13-8-3-2-6(10(15)7(12)5-14)4-9(8)17-11(13)16/h2-4,7,14H,5,12H2,1H3. The Morgan fingerprint density at radius 1 is 1.59 bits per heavy atom. The SMILES string of the molecule is Cn1c(=O)oc2cc(C(=O)C(N)CO)ccc21. The zero-order valence-electron chi connectivity index (χ0n) is 9.21. The van der Waals surface area contributed by atoms with Crippen molar-refractivity contribution in [1.82, 2.24) is 4.57 Å². The Kier molecular flexibility index (Phi) is 2.83. The second kappa shape index (κ2) is 4.15. The van der Waals surface area contributed by atoms with Crippen LogP contribution in [0.1, 0.15) is 10.4 Å². The first kappa shape index (κ1) is 11.6. The number of rotatable bonds is 3. The molecule has 0 aliphatic rings. The van der Waals surface area contributed by atoms with Gasteiger partial charge in [0, 0.05) is 12.6 Å². The fraction of sp³-hybridized carbons (Fsp3) is 0.273. The minimum Gasteiger partial charge on any atom is -0.408 e. The molecule has 0 aliphatic carbocycles. The summed E-state index contributed by atoms with van der Waals surface area (Å²) >= 11 is 0. The van der Waals surface area contributed by atoms with E-state index >= 15 is 0 Å². The Balaban J connectivity index is 2.52. The number of carbonyl (C=O) groups is 1. The number of nitrogens with zero attached hydrogens (tertiary/aromatic N) is 1. The van der Waals surface area contributed by atoms with Crippen molar-refractivity contribution in [2.24, 2.45) is 12.8 Å². The van der Waals surface area contributed by atoms with Crippen molar-refractivity contribution in [3.8, 4) is 0 Å². The van der Waals surface area contributed by atoms with Crippen LogP contribution in [0.2, 0.25) is 0 Å². The van der Waals surface area contributed by atoms with Crippen LogP contribution in [0.3, 0.4) is 0 Å². The van der Waals surface area contributed by atoms with E-state index in [0.717, 1.165) is 0 Å². The summed E-state index contributed by atoms with van der Waals surface area (Å²) in [7, 11) is 1.58. The number of aromatic nitrogens is 1. The third kappa shape index (κ3) is 1.88. The Labute approximate surface area is 96.3 Å². The first-order valence-corrected chi connectivity index (χ1v) is 5.05. The number of carbonyl (C=O) groups excluding carboxylic acids is 1. The third-order valence-electron chi connectivity index (χ3n) is 2.61. The van der Waals surface area contributed by atoms with Crippen LogP contribution in [-0.2, 0) is 7.05 Å². The topological polar surface area (TPSA) is 98.5 Å². The molecule has 3 N–H and O–H groups in total. The second-order valence-electron chi connectivity index (χ2n) is 3.76. The van der Waals surface area contributed by atoms with E-state index in [9.17, 15) is 9.59 Å². The second-order valence-corrected chi connectivity index (χ2v) is 3.76. The van der Waals surface area contributed by atoms with Gasteiger partial charge in [-0.05, 0) is 18.2 Å². The smallest absolute Gasteiger partial charge is 0.408 e. The van der Waals surface area contributed by atoms with Gasteiger partial charge in [-0.3, -0.25) is 9.36 Å². The van der Waals surface area contributed by atoms with Crippen LogP contribution in [0.25, 0.3) is 11.1 Å². The molecule has 1 unspecified atom stereocenters. The number of nitrogens with two attached hydrogens (primary N) is 1. The molecule has 0 radical (unpaired) electrons. The lowest BCUT2D eigenvalue weighted by molar-refractivity contribution is 0.0925. The number of aryl methyl sites for hydroxylation is 1. The summed E-state index contributed by atoms with van der Waals surface area (Å²) in [6, 6.07) is 3.66. The van der Waals surface area contributed by atoms with Gasteiger partial charge in [0.05, 0.1) is 18.2 Å². The first-order chi connectivity index (χ1) is 8.04. The predicted octanol–water partition coefficient (Wildman–Crippen LogP) is -0.366. The van der Waals surface area contributed by atoms with Crippen molar-refractivity contribution in [2.45, 2.75) is 6.04 Å². The molecule has 90 valence electrons. The average Bonchev–Trinajstić information content (AvgIpc) is 2.62. The van der Waals surface area contributed by atoms with E-state index in [1.807, 2.05) is 0 Å². The molecule has 0 saturated heterocycles. The van der Waals surface area contributed by atoms with E-state index < -0.39 is 18.4 Å². The number of fused-ring (bicyclic) bond motifs is 1. The monoisotopic (exact) mass is 236 g/mol. The molecule has 1 aromatic heterocycles. The molecular weight excluding hydrogens is 224 g/mol. The Bertz CT molecular complexity index is 626.